The second-order valence-electron chi connectivity index (χ2n) is 7.82. The maximum absolute atomic E-state index is 13.0. The molecule has 1 aromatic heterocycles. The summed E-state index contributed by atoms with van der Waals surface area (Å²) in [4.78, 5) is 25.5. The number of rotatable bonds is 7. The van der Waals surface area contributed by atoms with E-state index in [-0.39, 0.29) is 34.5 Å². The lowest BCUT2D eigenvalue weighted by Crippen LogP contribution is -2.12. The van der Waals surface area contributed by atoms with Crippen molar-refractivity contribution in [3.05, 3.63) is 82.0 Å². The number of phenols is 2. The molecule has 4 aromatic rings. The van der Waals surface area contributed by atoms with E-state index in [0.29, 0.717) is 22.6 Å². The standard InChI is InChI=1S/C27H24O8/c1-32-21-10-9-16(11-23(21)33-2)17(12-24(31)34-3)25-18(28)13-19(29)26-20(30)14-22(35-27(25)26)15-7-5-4-6-8-15/h4-11,13-14,17,28-29H,12H2,1-3H3/t17-/m0/s1. The highest BCUT2D eigenvalue weighted by Gasteiger charge is 2.29. The summed E-state index contributed by atoms with van der Waals surface area (Å²) in [6.45, 7) is 0. The van der Waals surface area contributed by atoms with Crippen LogP contribution in [0.15, 0.2) is 69.9 Å². The molecular weight excluding hydrogens is 452 g/mol. The molecule has 1 heterocycles. The number of hydrogen-bond donors (Lipinski definition) is 2. The number of benzene rings is 3. The van der Waals surface area contributed by atoms with Gasteiger partial charge in [-0.3, -0.25) is 9.59 Å². The predicted octanol–water partition coefficient (Wildman–Crippen LogP) is 4.58. The maximum Gasteiger partial charge on any atom is 0.306 e. The van der Waals surface area contributed by atoms with E-state index in [9.17, 15) is 19.8 Å². The van der Waals surface area contributed by atoms with Gasteiger partial charge in [-0.05, 0) is 17.7 Å². The van der Waals surface area contributed by atoms with Crippen molar-refractivity contribution in [1.82, 2.24) is 0 Å². The minimum absolute atomic E-state index is 0.0301. The smallest absolute Gasteiger partial charge is 0.306 e. The molecule has 0 spiro atoms. The van der Waals surface area contributed by atoms with Gasteiger partial charge in [-0.1, -0.05) is 36.4 Å². The maximum atomic E-state index is 13.0. The summed E-state index contributed by atoms with van der Waals surface area (Å²) < 4.78 is 21.7. The van der Waals surface area contributed by atoms with Gasteiger partial charge in [-0.25, -0.2) is 0 Å². The molecule has 0 fully saturated rings. The van der Waals surface area contributed by atoms with Crippen LogP contribution in [0.4, 0.5) is 0 Å². The molecule has 0 aliphatic heterocycles. The molecule has 180 valence electrons. The minimum atomic E-state index is -0.806. The predicted molar refractivity (Wildman–Crippen MR) is 129 cm³/mol. The summed E-state index contributed by atoms with van der Waals surface area (Å²) in [5.74, 6) is -0.990. The lowest BCUT2D eigenvalue weighted by atomic mass is 9.86. The van der Waals surface area contributed by atoms with Crippen LogP contribution in [0.3, 0.4) is 0 Å². The van der Waals surface area contributed by atoms with Crippen LogP contribution in [0, 0.1) is 0 Å². The third-order valence-corrected chi connectivity index (χ3v) is 5.81. The van der Waals surface area contributed by atoms with Crippen LogP contribution in [0.5, 0.6) is 23.0 Å². The number of ether oxygens (including phenoxy) is 3. The number of carbonyl (C=O) groups is 1. The van der Waals surface area contributed by atoms with Crippen molar-refractivity contribution in [3.63, 3.8) is 0 Å². The Bertz CT molecular complexity index is 1440. The summed E-state index contributed by atoms with van der Waals surface area (Å²) in [5, 5.41) is 21.4. The van der Waals surface area contributed by atoms with Crippen molar-refractivity contribution in [1.29, 1.82) is 0 Å². The van der Waals surface area contributed by atoms with Gasteiger partial charge in [-0.15, -0.1) is 0 Å². The summed E-state index contributed by atoms with van der Waals surface area (Å²) in [6.07, 6.45) is -0.182. The van der Waals surface area contributed by atoms with Crippen LogP contribution in [0.25, 0.3) is 22.3 Å². The average Bonchev–Trinajstić information content (AvgIpc) is 2.87. The highest BCUT2D eigenvalue weighted by Crippen LogP contribution is 2.44. The molecule has 0 amide bonds. The van der Waals surface area contributed by atoms with Gasteiger partial charge in [0.05, 0.1) is 27.8 Å². The van der Waals surface area contributed by atoms with Crippen LogP contribution in [0.1, 0.15) is 23.5 Å². The summed E-state index contributed by atoms with van der Waals surface area (Å²) in [5.41, 5.74) is 0.842. The first-order valence-electron chi connectivity index (χ1n) is 10.7. The van der Waals surface area contributed by atoms with E-state index in [1.807, 2.05) is 6.07 Å². The number of carbonyl (C=O) groups excluding carboxylic acids is 1. The number of fused-ring (bicyclic) bond motifs is 1. The van der Waals surface area contributed by atoms with Gasteiger partial charge in [0.15, 0.2) is 16.9 Å². The van der Waals surface area contributed by atoms with E-state index in [4.69, 9.17) is 18.6 Å². The molecule has 8 nitrogen and oxygen atoms in total. The topological polar surface area (TPSA) is 115 Å². The molecule has 2 N–H and O–H groups in total. The van der Waals surface area contributed by atoms with Crippen molar-refractivity contribution in [2.75, 3.05) is 21.3 Å². The largest absolute Gasteiger partial charge is 0.507 e. The zero-order valence-corrected chi connectivity index (χ0v) is 19.4. The van der Waals surface area contributed by atoms with Crippen LogP contribution >= 0.6 is 0 Å². The van der Waals surface area contributed by atoms with E-state index in [0.717, 1.165) is 6.07 Å². The molecule has 35 heavy (non-hydrogen) atoms. The molecule has 3 aromatic carbocycles. The summed E-state index contributed by atoms with van der Waals surface area (Å²) >= 11 is 0. The van der Waals surface area contributed by atoms with Gasteiger partial charge < -0.3 is 28.8 Å². The van der Waals surface area contributed by atoms with E-state index in [2.05, 4.69) is 0 Å². The fourth-order valence-electron chi connectivity index (χ4n) is 4.11. The molecular formula is C27H24O8. The summed E-state index contributed by atoms with van der Waals surface area (Å²) in [7, 11) is 4.24. The Labute approximate surface area is 200 Å². The SMILES string of the molecule is COC(=O)C[C@@H](c1ccc(OC)c(OC)c1)c1c(O)cc(O)c2c(=O)cc(-c3ccccc3)oc12. The van der Waals surface area contributed by atoms with Crippen LogP contribution in [0.2, 0.25) is 0 Å². The molecule has 0 aliphatic rings. The molecule has 0 saturated heterocycles. The molecule has 0 bridgehead atoms. The van der Waals surface area contributed by atoms with E-state index in [1.165, 1.54) is 27.4 Å². The monoisotopic (exact) mass is 476 g/mol. The van der Waals surface area contributed by atoms with Gasteiger partial charge in [0.25, 0.3) is 0 Å². The third kappa shape index (κ3) is 4.50. The van der Waals surface area contributed by atoms with Crippen molar-refractivity contribution in [2.24, 2.45) is 0 Å². The normalized spacial score (nSPS) is 11.7. The second kappa shape index (κ2) is 9.80. The van der Waals surface area contributed by atoms with Gasteiger partial charge in [0, 0.05) is 29.2 Å². The number of phenolic OH excluding ortho intramolecular Hbond substituents is 2. The van der Waals surface area contributed by atoms with E-state index in [1.54, 1.807) is 42.5 Å². The van der Waals surface area contributed by atoms with Crippen molar-refractivity contribution < 1.29 is 33.6 Å². The Kier molecular flexibility index (Phi) is 6.64. The first-order chi connectivity index (χ1) is 16.9. The molecule has 0 radical (unpaired) electrons. The van der Waals surface area contributed by atoms with Crippen molar-refractivity contribution in [2.45, 2.75) is 12.3 Å². The van der Waals surface area contributed by atoms with Crippen molar-refractivity contribution >= 4 is 16.9 Å². The molecule has 4 rings (SSSR count). The Morgan fingerprint density at radius 2 is 1.63 bits per heavy atom. The van der Waals surface area contributed by atoms with Crippen LogP contribution in [-0.2, 0) is 9.53 Å². The first kappa shape index (κ1) is 23.7. The zero-order chi connectivity index (χ0) is 25.1. The van der Waals surface area contributed by atoms with E-state index >= 15 is 0 Å². The van der Waals surface area contributed by atoms with E-state index < -0.39 is 23.1 Å². The number of hydrogen-bond acceptors (Lipinski definition) is 8. The van der Waals surface area contributed by atoms with Crippen molar-refractivity contribution in [3.8, 4) is 34.3 Å². The number of methoxy groups -OCH3 is 3. The first-order valence-corrected chi connectivity index (χ1v) is 10.7. The van der Waals surface area contributed by atoms with Crippen LogP contribution in [-0.4, -0.2) is 37.5 Å². The van der Waals surface area contributed by atoms with Gasteiger partial charge in [-0.2, -0.15) is 0 Å². The third-order valence-electron chi connectivity index (χ3n) is 5.81. The molecule has 0 aliphatic carbocycles. The number of esters is 1. The summed E-state index contributed by atoms with van der Waals surface area (Å²) in [6, 6.07) is 16.4. The lowest BCUT2D eigenvalue weighted by Gasteiger charge is -2.21. The van der Waals surface area contributed by atoms with Gasteiger partial charge >= 0.3 is 5.97 Å². The Balaban J connectivity index is 2.04. The molecule has 1 atom stereocenters. The minimum Gasteiger partial charge on any atom is -0.507 e. The highest BCUT2D eigenvalue weighted by atomic mass is 16.5. The molecule has 8 heteroatoms. The molecule has 0 unspecified atom stereocenters. The Morgan fingerprint density at radius 3 is 2.29 bits per heavy atom. The lowest BCUT2D eigenvalue weighted by molar-refractivity contribution is -0.140. The second-order valence-corrected chi connectivity index (χ2v) is 7.82. The highest BCUT2D eigenvalue weighted by molar-refractivity contribution is 5.90. The Morgan fingerprint density at radius 1 is 0.914 bits per heavy atom. The van der Waals surface area contributed by atoms with Gasteiger partial charge in [0.1, 0.15) is 28.2 Å². The zero-order valence-electron chi connectivity index (χ0n) is 19.4. The fourth-order valence-corrected chi connectivity index (χ4v) is 4.11. The van der Waals surface area contributed by atoms with Crippen LogP contribution < -0.4 is 14.9 Å². The quantitative estimate of drug-likeness (QED) is 0.372. The Hall–Kier alpha value is -4.46. The molecule has 0 saturated carbocycles. The fraction of sp³-hybridized carbons (Fsp3) is 0.185. The average molecular weight is 476 g/mol. The van der Waals surface area contributed by atoms with Gasteiger partial charge in [0.2, 0.25) is 0 Å². The number of aromatic hydroxyl groups is 2.